The predicted molar refractivity (Wildman–Crippen MR) is 143 cm³/mol. The van der Waals surface area contributed by atoms with Gasteiger partial charge in [-0.1, -0.05) is 56.3 Å². The van der Waals surface area contributed by atoms with Gasteiger partial charge in [0.25, 0.3) is 0 Å². The van der Waals surface area contributed by atoms with Gasteiger partial charge in [0.05, 0.1) is 17.9 Å². The zero-order valence-corrected chi connectivity index (χ0v) is 23.1. The molecular weight excluding hydrogens is 535 g/mol. The summed E-state index contributed by atoms with van der Waals surface area (Å²) in [6.45, 7) is 5.01. The molecule has 2 aromatic carbocycles. The first-order valence-electron chi connectivity index (χ1n) is 13.0. The lowest BCUT2D eigenvalue weighted by molar-refractivity contribution is -0.274. The Labute approximate surface area is 228 Å². The molecule has 0 bridgehead atoms. The van der Waals surface area contributed by atoms with Crippen LogP contribution in [-0.2, 0) is 27.8 Å². The molecule has 0 aromatic heterocycles. The maximum atomic E-state index is 12.8. The monoisotopic (exact) mass is 573 g/mol. The highest BCUT2D eigenvalue weighted by molar-refractivity contribution is 7.89. The van der Waals surface area contributed by atoms with Crippen LogP contribution in [0.3, 0.4) is 0 Å². The molecular formula is C27H38F3N3O5S. The van der Waals surface area contributed by atoms with E-state index in [1.807, 2.05) is 44.2 Å². The second kappa shape index (κ2) is 15.8. The molecule has 0 fully saturated rings. The van der Waals surface area contributed by atoms with Gasteiger partial charge in [0.1, 0.15) is 5.75 Å². The van der Waals surface area contributed by atoms with E-state index in [2.05, 4.69) is 15.4 Å². The molecule has 218 valence electrons. The molecule has 0 spiro atoms. The molecule has 0 unspecified atom stereocenters. The van der Waals surface area contributed by atoms with Crippen LogP contribution >= 0.6 is 0 Å². The fourth-order valence-electron chi connectivity index (χ4n) is 4.03. The van der Waals surface area contributed by atoms with E-state index in [4.69, 9.17) is 0 Å². The summed E-state index contributed by atoms with van der Waals surface area (Å²) in [5, 5.41) is 16.7. The summed E-state index contributed by atoms with van der Waals surface area (Å²) in [5.74, 6) is -1.39. The van der Waals surface area contributed by atoms with Crippen LogP contribution in [0.4, 0.5) is 13.2 Å². The summed E-state index contributed by atoms with van der Waals surface area (Å²) < 4.78 is 68.8. The summed E-state index contributed by atoms with van der Waals surface area (Å²) in [7, 11) is -3.65. The number of rotatable bonds is 17. The average molecular weight is 574 g/mol. The Morgan fingerprint density at radius 3 is 2.28 bits per heavy atom. The number of amides is 1. The second-order valence-electron chi connectivity index (χ2n) is 9.22. The first kappa shape index (κ1) is 32.5. The lowest BCUT2D eigenvalue weighted by atomic mass is 10.0. The summed E-state index contributed by atoms with van der Waals surface area (Å²) >= 11 is 0. The van der Waals surface area contributed by atoms with E-state index in [0.717, 1.165) is 11.6 Å². The van der Waals surface area contributed by atoms with Crippen LogP contribution in [0.5, 0.6) is 5.75 Å². The molecule has 0 aliphatic heterocycles. The summed E-state index contributed by atoms with van der Waals surface area (Å²) in [5.41, 5.74) is 1.38. The number of aliphatic hydroxyl groups is 1. The van der Waals surface area contributed by atoms with Crippen molar-refractivity contribution in [2.24, 2.45) is 0 Å². The van der Waals surface area contributed by atoms with Crippen LogP contribution in [0, 0.1) is 0 Å². The molecule has 0 heterocycles. The summed E-state index contributed by atoms with van der Waals surface area (Å²) in [4.78, 5) is 12.8. The van der Waals surface area contributed by atoms with Crippen molar-refractivity contribution >= 4 is 15.9 Å². The number of sulfonamides is 1. The van der Waals surface area contributed by atoms with Gasteiger partial charge in [-0.3, -0.25) is 4.79 Å². The predicted octanol–water partition coefficient (Wildman–Crippen LogP) is 3.61. The van der Waals surface area contributed by atoms with Gasteiger partial charge in [-0.05, 0) is 42.5 Å². The highest BCUT2D eigenvalue weighted by atomic mass is 32.2. The topological polar surface area (TPSA) is 108 Å². The van der Waals surface area contributed by atoms with E-state index in [-0.39, 0.29) is 25.1 Å². The van der Waals surface area contributed by atoms with E-state index in [0.29, 0.717) is 38.0 Å². The van der Waals surface area contributed by atoms with Crippen molar-refractivity contribution in [2.45, 2.75) is 64.6 Å². The number of ether oxygens (including phenoxy) is 1. The van der Waals surface area contributed by atoms with Gasteiger partial charge in [-0.25, -0.2) is 12.7 Å². The molecule has 2 aromatic rings. The van der Waals surface area contributed by atoms with Crippen molar-refractivity contribution in [2.75, 3.05) is 25.4 Å². The van der Waals surface area contributed by atoms with E-state index in [1.54, 1.807) is 6.07 Å². The van der Waals surface area contributed by atoms with Gasteiger partial charge in [-0.15, -0.1) is 13.2 Å². The summed E-state index contributed by atoms with van der Waals surface area (Å²) in [6.07, 6.45) is -5.00. The Kier molecular flexibility index (Phi) is 13.2. The van der Waals surface area contributed by atoms with Crippen molar-refractivity contribution in [3.05, 3.63) is 65.7 Å². The maximum absolute atomic E-state index is 12.8. The molecule has 3 N–H and O–H groups in total. The average Bonchev–Trinajstić information content (AvgIpc) is 2.87. The third-order valence-corrected chi connectivity index (χ3v) is 7.72. The Hall–Kier alpha value is -2.67. The van der Waals surface area contributed by atoms with Crippen LogP contribution in [0.1, 0.15) is 44.2 Å². The molecule has 0 radical (unpaired) electrons. The van der Waals surface area contributed by atoms with Crippen LogP contribution in [0.25, 0.3) is 0 Å². The number of hydrogen-bond acceptors (Lipinski definition) is 6. The minimum absolute atomic E-state index is 0.000471. The third kappa shape index (κ3) is 12.4. The molecule has 0 saturated heterocycles. The number of halogens is 3. The van der Waals surface area contributed by atoms with Gasteiger partial charge < -0.3 is 20.5 Å². The van der Waals surface area contributed by atoms with E-state index < -0.39 is 40.2 Å². The van der Waals surface area contributed by atoms with Crippen molar-refractivity contribution in [1.82, 2.24) is 14.9 Å². The molecule has 39 heavy (non-hydrogen) atoms. The highest BCUT2D eigenvalue weighted by Gasteiger charge is 2.31. The minimum atomic E-state index is -4.86. The van der Waals surface area contributed by atoms with E-state index in [9.17, 15) is 31.5 Å². The largest absolute Gasteiger partial charge is 0.573 e. The number of alkyl halides is 3. The lowest BCUT2D eigenvalue weighted by Gasteiger charge is -2.26. The fourth-order valence-corrected chi connectivity index (χ4v) is 5.65. The molecule has 0 aliphatic carbocycles. The second-order valence-corrected chi connectivity index (χ2v) is 11.3. The van der Waals surface area contributed by atoms with Gasteiger partial charge in [0, 0.05) is 32.6 Å². The number of carbonyl (C=O) groups excluding carboxylic acids is 1. The molecule has 1 amide bonds. The first-order valence-corrected chi connectivity index (χ1v) is 14.6. The smallest absolute Gasteiger partial charge is 0.406 e. The normalized spacial score (nSPS) is 13.7. The van der Waals surface area contributed by atoms with Gasteiger partial charge in [0.2, 0.25) is 15.9 Å². The number of hydrogen-bond donors (Lipinski definition) is 3. The van der Waals surface area contributed by atoms with Crippen LogP contribution in [0.2, 0.25) is 0 Å². The van der Waals surface area contributed by atoms with Crippen LogP contribution in [-0.4, -0.2) is 67.6 Å². The van der Waals surface area contributed by atoms with Crippen LogP contribution < -0.4 is 15.4 Å². The van der Waals surface area contributed by atoms with Crippen LogP contribution in [0.15, 0.2) is 54.6 Å². The minimum Gasteiger partial charge on any atom is -0.406 e. The Balaban J connectivity index is 2.10. The van der Waals surface area contributed by atoms with Gasteiger partial charge in [0.15, 0.2) is 0 Å². The molecule has 0 aliphatic rings. The number of benzene rings is 2. The fraction of sp³-hybridized carbons (Fsp3) is 0.519. The van der Waals surface area contributed by atoms with Crippen molar-refractivity contribution < 1.29 is 36.2 Å². The number of nitrogens with zero attached hydrogens (tertiary/aromatic N) is 1. The molecule has 12 heteroatoms. The summed E-state index contributed by atoms with van der Waals surface area (Å²) in [6, 6.07) is 13.8. The lowest BCUT2D eigenvalue weighted by Crippen LogP contribution is -2.49. The molecule has 8 nitrogen and oxygen atoms in total. The van der Waals surface area contributed by atoms with Crippen molar-refractivity contribution in [1.29, 1.82) is 0 Å². The zero-order chi connectivity index (χ0) is 28.9. The van der Waals surface area contributed by atoms with E-state index >= 15 is 0 Å². The molecule has 2 rings (SSSR count). The van der Waals surface area contributed by atoms with Crippen molar-refractivity contribution in [3.63, 3.8) is 0 Å². The Morgan fingerprint density at radius 2 is 1.67 bits per heavy atom. The Morgan fingerprint density at radius 1 is 1.03 bits per heavy atom. The number of aliphatic hydroxyl groups excluding tert-OH is 1. The van der Waals surface area contributed by atoms with Gasteiger partial charge >= 0.3 is 6.36 Å². The zero-order valence-electron chi connectivity index (χ0n) is 22.3. The standard InChI is InChI=1S/C27H38F3N3O5S/c1-3-14-33(15-4-2)39(36,37)16-13-26(35)32-24(25(34)20-31-19-21-9-6-5-7-10-21)18-22-11-8-12-23(17-22)38-27(28,29)30/h5-12,17,24-25,31,34H,3-4,13-16,18-20H2,1-2H3,(H,32,35)/t24-,25+/m0/s1. The SMILES string of the molecule is CCCN(CCC)S(=O)(=O)CCC(=O)N[C@@H](Cc1cccc(OC(F)(F)F)c1)[C@H](O)CNCc1ccccc1. The number of nitrogens with one attached hydrogen (secondary N) is 2. The van der Waals surface area contributed by atoms with Gasteiger partial charge in [-0.2, -0.15) is 0 Å². The quantitative estimate of drug-likeness (QED) is 0.267. The first-order chi connectivity index (χ1) is 18.4. The maximum Gasteiger partial charge on any atom is 0.573 e. The highest BCUT2D eigenvalue weighted by Crippen LogP contribution is 2.24. The number of carbonyl (C=O) groups is 1. The van der Waals surface area contributed by atoms with Crippen molar-refractivity contribution in [3.8, 4) is 5.75 Å². The third-order valence-electron chi connectivity index (χ3n) is 5.85. The molecule has 2 atom stereocenters. The Bertz CT molecular complexity index is 1110. The molecule has 0 saturated carbocycles. The van der Waals surface area contributed by atoms with E-state index in [1.165, 1.54) is 16.4 Å².